The molecule has 17 heavy (non-hydrogen) atoms. The maximum absolute atomic E-state index is 11.8. The molecule has 2 nitrogen and oxygen atoms in total. The first-order valence-electron chi connectivity index (χ1n) is 4.31. The maximum Gasteiger partial charge on any atom is 0.266 e. The Morgan fingerprint density at radius 1 is 1.06 bits per heavy atom. The van der Waals surface area contributed by atoms with E-state index in [9.17, 15) is 4.79 Å². The molecule has 1 aromatic rings. The fourth-order valence-electron chi connectivity index (χ4n) is 0.949. The predicted molar refractivity (Wildman–Crippen MR) is 74.1 cm³/mol. The standard InChI is InChI=1S/C10H6Cl5NO/c11-7(8(12)13)10(14,15)9(17)16-6-4-2-1-3-5-6/h1-5H,(H,16,17). The van der Waals surface area contributed by atoms with Gasteiger partial charge in [-0.2, -0.15) is 0 Å². The van der Waals surface area contributed by atoms with Gasteiger partial charge >= 0.3 is 0 Å². The van der Waals surface area contributed by atoms with Crippen LogP contribution in [0.4, 0.5) is 5.69 Å². The number of alkyl halides is 2. The number of hydrogen-bond acceptors (Lipinski definition) is 1. The molecule has 7 heteroatoms. The molecule has 0 aliphatic heterocycles. The summed E-state index contributed by atoms with van der Waals surface area (Å²) in [5.74, 6) is -0.740. The second-order valence-electron chi connectivity index (χ2n) is 2.97. The highest BCUT2D eigenvalue weighted by Crippen LogP contribution is 2.38. The summed E-state index contributed by atoms with van der Waals surface area (Å²) >= 11 is 28.1. The molecule has 0 saturated carbocycles. The molecule has 0 heterocycles. The van der Waals surface area contributed by atoms with Crippen LogP contribution in [0.25, 0.3) is 0 Å². The fourth-order valence-corrected chi connectivity index (χ4v) is 1.80. The number of hydrogen-bond donors (Lipinski definition) is 1. The van der Waals surface area contributed by atoms with E-state index < -0.39 is 10.2 Å². The Labute approximate surface area is 123 Å². The van der Waals surface area contributed by atoms with E-state index in [-0.39, 0.29) is 9.52 Å². The third-order valence-corrected chi connectivity index (χ3v) is 3.72. The quantitative estimate of drug-likeness (QED) is 0.799. The third kappa shape index (κ3) is 3.94. The molecular weight excluding hydrogens is 327 g/mol. The Bertz CT molecular complexity index is 439. The number of nitrogens with one attached hydrogen (secondary N) is 1. The highest BCUT2D eigenvalue weighted by molar-refractivity contribution is 6.69. The van der Waals surface area contributed by atoms with Gasteiger partial charge in [0.2, 0.25) is 4.33 Å². The summed E-state index contributed by atoms with van der Waals surface area (Å²) < 4.78 is -2.39. The first-order chi connectivity index (χ1) is 7.85. The molecule has 0 aliphatic rings. The largest absolute Gasteiger partial charge is 0.323 e. The second-order valence-corrected chi connectivity index (χ2v) is 5.62. The maximum atomic E-state index is 11.8. The van der Waals surface area contributed by atoms with Crippen molar-refractivity contribution in [2.24, 2.45) is 0 Å². The Morgan fingerprint density at radius 3 is 2.06 bits per heavy atom. The van der Waals surface area contributed by atoms with E-state index >= 15 is 0 Å². The summed E-state index contributed by atoms with van der Waals surface area (Å²) in [5, 5.41) is 2.13. The third-order valence-electron chi connectivity index (χ3n) is 1.76. The number of carbonyl (C=O) groups is 1. The van der Waals surface area contributed by atoms with Crippen LogP contribution >= 0.6 is 58.0 Å². The highest BCUT2D eigenvalue weighted by Gasteiger charge is 2.39. The molecule has 0 aromatic heterocycles. The zero-order valence-electron chi connectivity index (χ0n) is 8.18. The minimum absolute atomic E-state index is 0.349. The molecule has 0 saturated heterocycles. The summed E-state index contributed by atoms with van der Waals surface area (Å²) in [4.78, 5) is 11.8. The van der Waals surface area contributed by atoms with Crippen LogP contribution in [0.1, 0.15) is 0 Å². The number of anilines is 1. The molecule has 0 unspecified atom stereocenters. The van der Waals surface area contributed by atoms with E-state index in [1.54, 1.807) is 30.3 Å². The second kappa shape index (κ2) is 6.17. The first-order valence-corrected chi connectivity index (χ1v) is 6.20. The topological polar surface area (TPSA) is 29.1 Å². The summed E-state index contributed by atoms with van der Waals surface area (Å²) in [6, 6.07) is 8.62. The molecule has 1 rings (SSSR count). The van der Waals surface area contributed by atoms with Crippen molar-refractivity contribution in [1.82, 2.24) is 0 Å². The van der Waals surface area contributed by atoms with Crippen molar-refractivity contribution < 1.29 is 4.79 Å². The van der Waals surface area contributed by atoms with Crippen LogP contribution in [0.3, 0.4) is 0 Å². The van der Waals surface area contributed by atoms with Crippen molar-refractivity contribution in [3.8, 4) is 0 Å². The van der Waals surface area contributed by atoms with E-state index in [1.165, 1.54) is 0 Å². The van der Waals surface area contributed by atoms with E-state index in [4.69, 9.17) is 58.0 Å². The number of rotatable bonds is 3. The minimum atomic E-state index is -2.03. The molecular formula is C10H6Cl5NO. The van der Waals surface area contributed by atoms with Crippen molar-refractivity contribution in [2.75, 3.05) is 5.32 Å². The normalized spacial score (nSPS) is 10.9. The Morgan fingerprint density at radius 2 is 1.59 bits per heavy atom. The Hall–Kier alpha value is -0.120. The molecule has 0 bridgehead atoms. The number of halogens is 5. The molecule has 0 radical (unpaired) electrons. The zero-order chi connectivity index (χ0) is 13.1. The number of carbonyl (C=O) groups excluding carboxylic acids is 1. The van der Waals surface area contributed by atoms with E-state index in [2.05, 4.69) is 5.32 Å². The van der Waals surface area contributed by atoms with Crippen molar-refractivity contribution in [3.05, 3.63) is 39.9 Å². The zero-order valence-corrected chi connectivity index (χ0v) is 12.0. The lowest BCUT2D eigenvalue weighted by atomic mass is 10.3. The fraction of sp³-hybridized carbons (Fsp3) is 0.100. The van der Waals surface area contributed by atoms with Gasteiger partial charge in [-0.25, -0.2) is 0 Å². The van der Waals surface area contributed by atoms with Gasteiger partial charge < -0.3 is 5.32 Å². The summed E-state index contributed by atoms with van der Waals surface area (Å²) in [7, 11) is 0. The summed E-state index contributed by atoms with van der Waals surface area (Å²) in [5.41, 5.74) is 0.526. The molecule has 1 aromatic carbocycles. The van der Waals surface area contributed by atoms with Crippen molar-refractivity contribution >= 4 is 69.6 Å². The van der Waals surface area contributed by atoms with Gasteiger partial charge in [0.15, 0.2) is 0 Å². The van der Waals surface area contributed by atoms with Crippen LogP contribution < -0.4 is 5.32 Å². The lowest BCUT2D eigenvalue weighted by Crippen LogP contribution is -2.33. The predicted octanol–water partition coefficient (Wildman–Crippen LogP) is 4.68. The molecule has 0 spiro atoms. The smallest absolute Gasteiger partial charge is 0.266 e. The van der Waals surface area contributed by atoms with Gasteiger partial charge in [-0.05, 0) is 12.1 Å². The van der Waals surface area contributed by atoms with Gasteiger partial charge in [0.1, 0.15) is 4.49 Å². The van der Waals surface area contributed by atoms with Gasteiger partial charge in [-0.15, -0.1) is 0 Å². The van der Waals surface area contributed by atoms with E-state index in [0.717, 1.165) is 0 Å². The van der Waals surface area contributed by atoms with Gasteiger partial charge in [0, 0.05) is 5.69 Å². The minimum Gasteiger partial charge on any atom is -0.323 e. The summed E-state index contributed by atoms with van der Waals surface area (Å²) in [6.07, 6.45) is 0. The average molecular weight is 333 g/mol. The van der Waals surface area contributed by atoms with Gasteiger partial charge in [0.25, 0.3) is 5.91 Å². The number of benzene rings is 1. The first kappa shape index (κ1) is 14.9. The molecule has 0 fully saturated rings. The van der Waals surface area contributed by atoms with Crippen molar-refractivity contribution in [1.29, 1.82) is 0 Å². The molecule has 1 N–H and O–H groups in total. The van der Waals surface area contributed by atoms with Crippen LogP contribution in [-0.4, -0.2) is 10.2 Å². The number of amides is 1. The monoisotopic (exact) mass is 331 g/mol. The van der Waals surface area contributed by atoms with Crippen LogP contribution in [0, 0.1) is 0 Å². The molecule has 0 atom stereocenters. The Kier molecular flexibility index (Phi) is 5.42. The van der Waals surface area contributed by atoms with Crippen LogP contribution in [-0.2, 0) is 4.79 Å². The molecule has 92 valence electrons. The average Bonchev–Trinajstić information content (AvgIpc) is 2.29. The highest BCUT2D eigenvalue weighted by atomic mass is 35.5. The lowest BCUT2D eigenvalue weighted by Gasteiger charge is -2.18. The van der Waals surface area contributed by atoms with Gasteiger partial charge in [0.05, 0.1) is 5.03 Å². The van der Waals surface area contributed by atoms with Crippen LogP contribution in [0.5, 0.6) is 0 Å². The lowest BCUT2D eigenvalue weighted by molar-refractivity contribution is -0.116. The van der Waals surface area contributed by atoms with Crippen LogP contribution in [0.15, 0.2) is 39.9 Å². The SMILES string of the molecule is O=C(Nc1ccccc1)C(Cl)(Cl)C(Cl)=C(Cl)Cl. The Balaban J connectivity index is 2.88. The van der Waals surface area contributed by atoms with Crippen LogP contribution in [0.2, 0.25) is 0 Å². The van der Waals surface area contributed by atoms with E-state index in [1.807, 2.05) is 0 Å². The van der Waals surface area contributed by atoms with Gasteiger partial charge in [-0.3, -0.25) is 4.79 Å². The molecule has 0 aliphatic carbocycles. The summed E-state index contributed by atoms with van der Waals surface area (Å²) in [6.45, 7) is 0. The number of para-hydroxylation sites is 1. The van der Waals surface area contributed by atoms with Crippen molar-refractivity contribution in [2.45, 2.75) is 4.33 Å². The van der Waals surface area contributed by atoms with Crippen molar-refractivity contribution in [3.63, 3.8) is 0 Å². The van der Waals surface area contributed by atoms with E-state index in [0.29, 0.717) is 5.69 Å². The van der Waals surface area contributed by atoms with Gasteiger partial charge in [-0.1, -0.05) is 76.2 Å². The molecule has 1 amide bonds.